The van der Waals surface area contributed by atoms with Crippen molar-refractivity contribution < 1.29 is 14.2 Å². The Balaban J connectivity index is 1.43. The smallest absolute Gasteiger partial charge is 0.263 e. The van der Waals surface area contributed by atoms with Crippen LogP contribution in [0, 0.1) is 0 Å². The van der Waals surface area contributed by atoms with Gasteiger partial charge in [-0.3, -0.25) is 9.36 Å². The lowest BCUT2D eigenvalue weighted by Crippen LogP contribution is -2.31. The summed E-state index contributed by atoms with van der Waals surface area (Å²) in [6.45, 7) is 4.18. The summed E-state index contributed by atoms with van der Waals surface area (Å²) in [6.07, 6.45) is 4.98. The molecular formula is C31H34N2O4. The second-order valence-electron chi connectivity index (χ2n) is 9.45. The van der Waals surface area contributed by atoms with Crippen LogP contribution in [0.1, 0.15) is 25.7 Å². The van der Waals surface area contributed by atoms with Crippen molar-refractivity contribution in [3.05, 3.63) is 83.2 Å². The van der Waals surface area contributed by atoms with Gasteiger partial charge in [0.15, 0.2) is 0 Å². The summed E-state index contributed by atoms with van der Waals surface area (Å²) in [7, 11) is 3.25. The average molecular weight is 499 g/mol. The number of aromatic nitrogens is 1. The monoisotopic (exact) mass is 498 g/mol. The molecule has 4 aromatic rings. The van der Waals surface area contributed by atoms with E-state index in [0.717, 1.165) is 46.8 Å². The molecule has 0 radical (unpaired) electrons. The summed E-state index contributed by atoms with van der Waals surface area (Å²) >= 11 is 0. The molecule has 6 heteroatoms. The van der Waals surface area contributed by atoms with Gasteiger partial charge in [0.05, 0.1) is 31.9 Å². The summed E-state index contributed by atoms with van der Waals surface area (Å²) in [6, 6.07) is 23.2. The van der Waals surface area contributed by atoms with Gasteiger partial charge in [0.25, 0.3) is 5.56 Å². The van der Waals surface area contributed by atoms with Crippen molar-refractivity contribution in [2.75, 3.05) is 40.5 Å². The van der Waals surface area contributed by atoms with E-state index in [1.165, 1.54) is 32.4 Å². The molecule has 0 spiro atoms. The first-order valence-electron chi connectivity index (χ1n) is 13.0. The molecule has 5 rings (SSSR count). The predicted octanol–water partition coefficient (Wildman–Crippen LogP) is 5.93. The second kappa shape index (κ2) is 11.5. The van der Waals surface area contributed by atoms with Crippen molar-refractivity contribution in [3.63, 3.8) is 0 Å². The minimum absolute atomic E-state index is 0.0996. The van der Waals surface area contributed by atoms with E-state index in [4.69, 9.17) is 14.2 Å². The van der Waals surface area contributed by atoms with Gasteiger partial charge in [0.2, 0.25) is 0 Å². The van der Waals surface area contributed by atoms with Crippen LogP contribution in [0.15, 0.2) is 77.6 Å². The van der Waals surface area contributed by atoms with Crippen molar-refractivity contribution >= 4 is 10.8 Å². The molecule has 0 N–H and O–H groups in total. The van der Waals surface area contributed by atoms with Gasteiger partial charge in [-0.05, 0) is 110 Å². The third-order valence-electron chi connectivity index (χ3n) is 7.04. The van der Waals surface area contributed by atoms with E-state index in [1.807, 2.05) is 66.7 Å². The fourth-order valence-corrected chi connectivity index (χ4v) is 5.00. The van der Waals surface area contributed by atoms with Crippen LogP contribution < -0.4 is 19.8 Å². The number of hydrogen-bond acceptors (Lipinski definition) is 5. The molecule has 2 heterocycles. The number of rotatable bonds is 9. The molecule has 1 aliphatic heterocycles. The Morgan fingerprint density at radius 2 is 1.43 bits per heavy atom. The van der Waals surface area contributed by atoms with Crippen molar-refractivity contribution in [1.82, 2.24) is 9.47 Å². The highest BCUT2D eigenvalue weighted by Crippen LogP contribution is 2.29. The first kappa shape index (κ1) is 24.9. The Kier molecular flexibility index (Phi) is 7.76. The predicted molar refractivity (Wildman–Crippen MR) is 148 cm³/mol. The van der Waals surface area contributed by atoms with Crippen molar-refractivity contribution in [3.8, 4) is 34.2 Å². The molecule has 3 aromatic carbocycles. The summed E-state index contributed by atoms with van der Waals surface area (Å²) in [5.74, 6) is 2.23. The first-order chi connectivity index (χ1) is 18.2. The van der Waals surface area contributed by atoms with Crippen molar-refractivity contribution in [2.24, 2.45) is 0 Å². The van der Waals surface area contributed by atoms with Crippen LogP contribution in [0.3, 0.4) is 0 Å². The van der Waals surface area contributed by atoms with Gasteiger partial charge < -0.3 is 19.1 Å². The summed E-state index contributed by atoms with van der Waals surface area (Å²) < 4.78 is 18.5. The highest BCUT2D eigenvalue weighted by molar-refractivity contribution is 5.87. The molecule has 0 bridgehead atoms. The van der Waals surface area contributed by atoms with Crippen LogP contribution in [0.2, 0.25) is 0 Å². The van der Waals surface area contributed by atoms with Gasteiger partial charge in [-0.2, -0.15) is 0 Å². The van der Waals surface area contributed by atoms with E-state index in [1.54, 1.807) is 24.9 Å². The largest absolute Gasteiger partial charge is 0.497 e. The Morgan fingerprint density at radius 3 is 2.14 bits per heavy atom. The highest BCUT2D eigenvalue weighted by atomic mass is 16.5. The highest BCUT2D eigenvalue weighted by Gasteiger charge is 2.14. The lowest BCUT2D eigenvalue weighted by atomic mass is 10.1. The van der Waals surface area contributed by atoms with Crippen LogP contribution >= 0.6 is 0 Å². The topological polar surface area (TPSA) is 52.9 Å². The first-order valence-corrected chi connectivity index (χ1v) is 13.0. The average Bonchev–Trinajstić information content (AvgIpc) is 2.96. The molecular weight excluding hydrogens is 464 g/mol. The third-order valence-corrected chi connectivity index (χ3v) is 7.04. The third kappa shape index (κ3) is 5.65. The SMILES string of the molecule is COc1ccc(-c2cc3ccc(OC)cc3c(=O)n2-c2ccc(OCCCN3CCCCC3)cc2)cc1. The summed E-state index contributed by atoms with van der Waals surface area (Å²) in [5, 5.41) is 1.47. The zero-order chi connectivity index (χ0) is 25.6. The van der Waals surface area contributed by atoms with Crippen molar-refractivity contribution in [2.45, 2.75) is 25.7 Å². The Labute approximate surface area is 218 Å². The number of likely N-dealkylation sites (tertiary alicyclic amines) is 1. The van der Waals surface area contributed by atoms with E-state index in [9.17, 15) is 4.79 Å². The van der Waals surface area contributed by atoms with Crippen LogP contribution in [0.25, 0.3) is 27.7 Å². The molecule has 192 valence electrons. The Bertz CT molecular complexity index is 1390. The number of pyridine rings is 1. The number of fused-ring (bicyclic) bond motifs is 1. The standard InChI is InChI=1S/C31H34N2O4/c1-35-26-12-7-23(8-13-26)30-21-24-9-14-28(36-2)22-29(24)31(34)33(30)25-10-15-27(16-11-25)37-20-6-19-32-17-4-3-5-18-32/h7-16,21-22H,3-6,17-20H2,1-2H3. The molecule has 1 saturated heterocycles. The fourth-order valence-electron chi connectivity index (χ4n) is 5.00. The van der Waals surface area contributed by atoms with Crippen LogP contribution in [0.4, 0.5) is 0 Å². The van der Waals surface area contributed by atoms with Gasteiger partial charge in [-0.1, -0.05) is 12.5 Å². The van der Waals surface area contributed by atoms with E-state index >= 15 is 0 Å². The van der Waals surface area contributed by atoms with Gasteiger partial charge in [-0.15, -0.1) is 0 Å². The van der Waals surface area contributed by atoms with Gasteiger partial charge >= 0.3 is 0 Å². The molecule has 1 aromatic heterocycles. The molecule has 0 atom stereocenters. The van der Waals surface area contributed by atoms with E-state index in [-0.39, 0.29) is 5.56 Å². The normalized spacial score (nSPS) is 14.0. The zero-order valence-electron chi connectivity index (χ0n) is 21.6. The summed E-state index contributed by atoms with van der Waals surface area (Å²) in [4.78, 5) is 16.3. The number of methoxy groups -OCH3 is 2. The Hall–Kier alpha value is -3.77. The number of benzene rings is 3. The lowest BCUT2D eigenvalue weighted by molar-refractivity contribution is 0.205. The van der Waals surface area contributed by atoms with Crippen LogP contribution in [-0.4, -0.2) is 49.9 Å². The molecule has 1 aliphatic rings. The molecule has 0 aliphatic carbocycles. The maximum Gasteiger partial charge on any atom is 0.263 e. The van der Waals surface area contributed by atoms with Gasteiger partial charge in [0.1, 0.15) is 17.2 Å². The molecule has 0 amide bonds. The van der Waals surface area contributed by atoms with Gasteiger partial charge in [0, 0.05) is 12.2 Å². The molecule has 1 fully saturated rings. The van der Waals surface area contributed by atoms with E-state index in [0.29, 0.717) is 17.7 Å². The van der Waals surface area contributed by atoms with Crippen molar-refractivity contribution in [1.29, 1.82) is 0 Å². The summed E-state index contributed by atoms with van der Waals surface area (Å²) in [5.41, 5.74) is 2.41. The quantitative estimate of drug-likeness (QED) is 0.268. The minimum Gasteiger partial charge on any atom is -0.497 e. The minimum atomic E-state index is -0.0996. The lowest BCUT2D eigenvalue weighted by Gasteiger charge is -2.26. The molecule has 0 saturated carbocycles. The van der Waals surface area contributed by atoms with E-state index < -0.39 is 0 Å². The van der Waals surface area contributed by atoms with Gasteiger partial charge in [-0.25, -0.2) is 0 Å². The number of ether oxygens (including phenoxy) is 3. The Morgan fingerprint density at radius 1 is 0.757 bits per heavy atom. The fraction of sp³-hybridized carbons (Fsp3) is 0.323. The second-order valence-corrected chi connectivity index (χ2v) is 9.45. The maximum absolute atomic E-state index is 13.8. The zero-order valence-corrected chi connectivity index (χ0v) is 21.6. The molecule has 6 nitrogen and oxygen atoms in total. The number of hydrogen-bond donors (Lipinski definition) is 0. The van der Waals surface area contributed by atoms with Crippen LogP contribution in [-0.2, 0) is 0 Å². The maximum atomic E-state index is 13.8. The van der Waals surface area contributed by atoms with Crippen LogP contribution in [0.5, 0.6) is 17.2 Å². The number of piperidine rings is 1. The number of nitrogens with zero attached hydrogens (tertiary/aromatic N) is 2. The molecule has 37 heavy (non-hydrogen) atoms. The van der Waals surface area contributed by atoms with E-state index in [2.05, 4.69) is 4.90 Å². The molecule has 0 unspecified atom stereocenters.